The quantitative estimate of drug-likeness (QED) is 0.847. The van der Waals surface area contributed by atoms with Gasteiger partial charge in [-0.25, -0.2) is 4.39 Å². The van der Waals surface area contributed by atoms with Gasteiger partial charge in [0.25, 0.3) is 0 Å². The van der Waals surface area contributed by atoms with Gasteiger partial charge in [-0.15, -0.1) is 0 Å². The summed E-state index contributed by atoms with van der Waals surface area (Å²) in [7, 11) is 0. The standard InChI is InChI=1S/C14H15FN2/c15-13-2-1-3-14(8-13)17-10-12-6-4-11(9-16)5-7-12/h1-8,17H,9-10,16H2. The minimum atomic E-state index is -0.228. The third-order valence-electron chi connectivity index (χ3n) is 2.58. The van der Waals surface area contributed by atoms with Crippen LogP contribution in [0.1, 0.15) is 11.1 Å². The fraction of sp³-hybridized carbons (Fsp3) is 0.143. The third-order valence-corrected chi connectivity index (χ3v) is 2.58. The molecule has 0 spiro atoms. The zero-order valence-corrected chi connectivity index (χ0v) is 9.49. The number of benzene rings is 2. The van der Waals surface area contributed by atoms with Gasteiger partial charge in [0.05, 0.1) is 0 Å². The monoisotopic (exact) mass is 230 g/mol. The lowest BCUT2D eigenvalue weighted by Gasteiger charge is -2.07. The summed E-state index contributed by atoms with van der Waals surface area (Å²) in [6.07, 6.45) is 0. The van der Waals surface area contributed by atoms with E-state index in [2.05, 4.69) is 5.32 Å². The molecule has 2 nitrogen and oxygen atoms in total. The molecule has 0 atom stereocenters. The molecule has 2 rings (SSSR count). The highest BCUT2D eigenvalue weighted by Crippen LogP contribution is 2.11. The van der Waals surface area contributed by atoms with Crippen LogP contribution in [-0.2, 0) is 13.1 Å². The maximum atomic E-state index is 12.9. The van der Waals surface area contributed by atoms with Crippen LogP contribution in [0.15, 0.2) is 48.5 Å². The van der Waals surface area contributed by atoms with E-state index >= 15 is 0 Å². The Kier molecular flexibility index (Phi) is 3.73. The first-order valence-corrected chi connectivity index (χ1v) is 5.55. The van der Waals surface area contributed by atoms with Crippen molar-refractivity contribution in [1.82, 2.24) is 0 Å². The first-order chi connectivity index (χ1) is 8.28. The Morgan fingerprint density at radius 3 is 2.35 bits per heavy atom. The van der Waals surface area contributed by atoms with Gasteiger partial charge in [-0.2, -0.15) is 0 Å². The highest BCUT2D eigenvalue weighted by atomic mass is 19.1. The molecular weight excluding hydrogens is 215 g/mol. The Morgan fingerprint density at radius 2 is 1.71 bits per heavy atom. The van der Waals surface area contributed by atoms with Crippen molar-refractivity contribution >= 4 is 5.69 Å². The molecule has 0 fully saturated rings. The van der Waals surface area contributed by atoms with Crippen molar-refractivity contribution in [3.63, 3.8) is 0 Å². The van der Waals surface area contributed by atoms with Crippen molar-refractivity contribution < 1.29 is 4.39 Å². The summed E-state index contributed by atoms with van der Waals surface area (Å²) in [5.74, 6) is -0.228. The summed E-state index contributed by atoms with van der Waals surface area (Å²) in [5.41, 5.74) is 8.56. The van der Waals surface area contributed by atoms with Crippen LogP contribution in [0.2, 0.25) is 0 Å². The van der Waals surface area contributed by atoms with Crippen LogP contribution in [0.3, 0.4) is 0 Å². The summed E-state index contributed by atoms with van der Waals surface area (Å²) in [6, 6.07) is 14.5. The molecule has 0 aliphatic rings. The van der Waals surface area contributed by atoms with Crippen LogP contribution in [-0.4, -0.2) is 0 Å². The van der Waals surface area contributed by atoms with E-state index in [-0.39, 0.29) is 5.82 Å². The molecule has 88 valence electrons. The Morgan fingerprint density at radius 1 is 1.00 bits per heavy atom. The Bertz CT molecular complexity index is 480. The molecule has 2 aromatic carbocycles. The SMILES string of the molecule is NCc1ccc(CNc2cccc(F)c2)cc1. The average molecular weight is 230 g/mol. The molecular formula is C14H15FN2. The molecule has 0 bridgehead atoms. The van der Waals surface area contributed by atoms with Gasteiger partial charge in [0.1, 0.15) is 5.82 Å². The first-order valence-electron chi connectivity index (χ1n) is 5.55. The molecule has 0 unspecified atom stereocenters. The normalized spacial score (nSPS) is 10.2. The Balaban J connectivity index is 1.97. The van der Waals surface area contributed by atoms with Gasteiger partial charge in [0.15, 0.2) is 0 Å². The maximum absolute atomic E-state index is 12.9. The Labute approximate surface area is 100 Å². The van der Waals surface area contributed by atoms with Gasteiger partial charge >= 0.3 is 0 Å². The predicted octanol–water partition coefficient (Wildman–Crippen LogP) is 2.90. The molecule has 3 heteroatoms. The van der Waals surface area contributed by atoms with Crippen LogP contribution in [0.4, 0.5) is 10.1 Å². The summed E-state index contributed by atoms with van der Waals surface area (Å²) in [4.78, 5) is 0. The molecule has 0 radical (unpaired) electrons. The van der Waals surface area contributed by atoms with E-state index in [4.69, 9.17) is 5.73 Å². The van der Waals surface area contributed by atoms with Crippen molar-refractivity contribution in [2.45, 2.75) is 13.1 Å². The number of rotatable bonds is 4. The predicted molar refractivity (Wildman–Crippen MR) is 68.1 cm³/mol. The number of anilines is 1. The van der Waals surface area contributed by atoms with Gasteiger partial charge in [0.2, 0.25) is 0 Å². The molecule has 0 amide bonds. The van der Waals surface area contributed by atoms with E-state index < -0.39 is 0 Å². The van der Waals surface area contributed by atoms with Gasteiger partial charge in [-0.05, 0) is 29.3 Å². The summed E-state index contributed by atoms with van der Waals surface area (Å²) in [5, 5.41) is 3.17. The zero-order chi connectivity index (χ0) is 12.1. The van der Waals surface area contributed by atoms with Crippen molar-refractivity contribution in [3.05, 3.63) is 65.5 Å². The largest absolute Gasteiger partial charge is 0.381 e. The average Bonchev–Trinajstić information content (AvgIpc) is 2.37. The molecule has 0 saturated heterocycles. The second-order valence-electron chi connectivity index (χ2n) is 3.88. The van der Waals surface area contributed by atoms with E-state index in [9.17, 15) is 4.39 Å². The lowest BCUT2D eigenvalue weighted by atomic mass is 10.1. The molecule has 2 aromatic rings. The van der Waals surface area contributed by atoms with Gasteiger partial charge in [-0.1, -0.05) is 30.3 Å². The number of hydrogen-bond donors (Lipinski definition) is 2. The molecule has 3 N–H and O–H groups in total. The van der Waals surface area contributed by atoms with Crippen LogP contribution in [0.5, 0.6) is 0 Å². The fourth-order valence-electron chi connectivity index (χ4n) is 1.60. The summed E-state index contributed by atoms with van der Waals surface area (Å²) >= 11 is 0. The maximum Gasteiger partial charge on any atom is 0.125 e. The van der Waals surface area contributed by atoms with Crippen molar-refractivity contribution in [2.24, 2.45) is 5.73 Å². The van der Waals surface area contributed by atoms with Crippen LogP contribution in [0.25, 0.3) is 0 Å². The van der Waals surface area contributed by atoms with Crippen molar-refractivity contribution in [1.29, 1.82) is 0 Å². The topological polar surface area (TPSA) is 38.0 Å². The van der Waals surface area contributed by atoms with Crippen molar-refractivity contribution in [3.8, 4) is 0 Å². The second-order valence-corrected chi connectivity index (χ2v) is 3.88. The number of nitrogens with one attached hydrogen (secondary N) is 1. The van der Waals surface area contributed by atoms with Gasteiger partial charge in [-0.3, -0.25) is 0 Å². The van der Waals surface area contributed by atoms with E-state index in [1.165, 1.54) is 12.1 Å². The third kappa shape index (κ3) is 3.29. The van der Waals surface area contributed by atoms with E-state index in [1.54, 1.807) is 6.07 Å². The minimum Gasteiger partial charge on any atom is -0.381 e. The van der Waals surface area contributed by atoms with E-state index in [0.29, 0.717) is 13.1 Å². The van der Waals surface area contributed by atoms with Gasteiger partial charge < -0.3 is 11.1 Å². The van der Waals surface area contributed by atoms with Crippen LogP contribution in [0, 0.1) is 5.82 Å². The lowest BCUT2D eigenvalue weighted by molar-refractivity contribution is 0.628. The smallest absolute Gasteiger partial charge is 0.125 e. The zero-order valence-electron chi connectivity index (χ0n) is 9.49. The lowest BCUT2D eigenvalue weighted by Crippen LogP contribution is -2.01. The number of hydrogen-bond acceptors (Lipinski definition) is 2. The highest BCUT2D eigenvalue weighted by molar-refractivity contribution is 5.43. The fourth-order valence-corrected chi connectivity index (χ4v) is 1.60. The molecule has 0 heterocycles. The summed E-state index contributed by atoms with van der Waals surface area (Å²) < 4.78 is 12.9. The second kappa shape index (κ2) is 5.46. The molecule has 17 heavy (non-hydrogen) atoms. The highest BCUT2D eigenvalue weighted by Gasteiger charge is 1.96. The summed E-state index contributed by atoms with van der Waals surface area (Å²) in [6.45, 7) is 1.23. The van der Waals surface area contributed by atoms with Crippen molar-refractivity contribution in [2.75, 3.05) is 5.32 Å². The molecule has 0 aliphatic heterocycles. The number of halogens is 1. The van der Waals surface area contributed by atoms with E-state index in [0.717, 1.165) is 16.8 Å². The van der Waals surface area contributed by atoms with Crippen LogP contribution >= 0.6 is 0 Å². The Hall–Kier alpha value is -1.87. The van der Waals surface area contributed by atoms with E-state index in [1.807, 2.05) is 30.3 Å². The first kappa shape index (κ1) is 11.6. The van der Waals surface area contributed by atoms with Crippen LogP contribution < -0.4 is 11.1 Å². The number of nitrogens with two attached hydrogens (primary N) is 1. The molecule has 0 aliphatic carbocycles. The molecule has 0 aromatic heterocycles. The molecule has 0 saturated carbocycles. The van der Waals surface area contributed by atoms with Gasteiger partial charge in [0, 0.05) is 18.8 Å². The minimum absolute atomic E-state index is 0.228.